The number of amides is 2. The number of para-hydroxylation sites is 1. The third kappa shape index (κ3) is 7.19. The van der Waals surface area contributed by atoms with Crippen LogP contribution in [0.25, 0.3) is 11.1 Å². The second kappa shape index (κ2) is 13.3. The predicted molar refractivity (Wildman–Crippen MR) is 162 cm³/mol. The van der Waals surface area contributed by atoms with E-state index in [9.17, 15) is 14.4 Å². The number of esters is 1. The Morgan fingerprint density at radius 1 is 0.786 bits per heavy atom. The first-order valence-corrected chi connectivity index (χ1v) is 13.3. The Bertz CT molecular complexity index is 1620. The van der Waals surface area contributed by atoms with Crippen molar-refractivity contribution in [3.05, 3.63) is 113 Å². The minimum Gasteiger partial charge on any atom is -0.465 e. The van der Waals surface area contributed by atoms with E-state index in [2.05, 4.69) is 10.6 Å². The number of ether oxygens (including phenoxy) is 2. The number of methoxy groups -OCH3 is 1. The SMILES string of the molecule is COC(=O)c1cc(C(=O)NCC(C)C)ccc1-c1ccc(Oc2ccccc2)cc1C(=O)Nc1ccc(C(=N)N)cc1. The van der Waals surface area contributed by atoms with E-state index < -0.39 is 11.9 Å². The highest BCUT2D eigenvalue weighted by Gasteiger charge is 2.22. The molecule has 0 aliphatic carbocycles. The highest BCUT2D eigenvalue weighted by molar-refractivity contribution is 6.11. The van der Waals surface area contributed by atoms with Crippen LogP contribution in [-0.2, 0) is 4.74 Å². The van der Waals surface area contributed by atoms with Gasteiger partial charge in [0, 0.05) is 23.4 Å². The minimum atomic E-state index is -0.653. The average Bonchev–Trinajstić information content (AvgIpc) is 3.00. The second-order valence-corrected chi connectivity index (χ2v) is 9.92. The monoisotopic (exact) mass is 564 g/mol. The number of carbonyl (C=O) groups is 3. The lowest BCUT2D eigenvalue weighted by atomic mass is 9.93. The van der Waals surface area contributed by atoms with Crippen LogP contribution in [-0.4, -0.2) is 37.3 Å². The first-order valence-electron chi connectivity index (χ1n) is 13.3. The molecule has 0 atom stereocenters. The average molecular weight is 565 g/mol. The number of nitrogens with one attached hydrogen (secondary N) is 3. The standard InChI is InChI=1S/C33H32N4O5/c1-20(2)19-36-31(38)22-11-15-27(29(17-22)33(40)41-3)26-16-14-25(42-24-7-5-4-6-8-24)18-28(26)32(39)37-23-12-9-21(10-13-23)30(34)35/h4-18,20H,19H2,1-3H3,(H3,34,35)(H,36,38)(H,37,39). The van der Waals surface area contributed by atoms with E-state index in [4.69, 9.17) is 20.6 Å². The molecule has 5 N–H and O–H groups in total. The maximum atomic E-state index is 13.7. The molecule has 4 rings (SSSR count). The summed E-state index contributed by atoms with van der Waals surface area (Å²) in [6, 6.07) is 25.4. The lowest BCUT2D eigenvalue weighted by Crippen LogP contribution is -2.27. The Morgan fingerprint density at radius 2 is 1.43 bits per heavy atom. The van der Waals surface area contributed by atoms with Gasteiger partial charge in [-0.1, -0.05) is 38.1 Å². The number of anilines is 1. The van der Waals surface area contributed by atoms with E-state index in [1.165, 1.54) is 13.2 Å². The summed E-state index contributed by atoms with van der Waals surface area (Å²) in [5.74, 6) is -0.274. The first kappa shape index (κ1) is 29.5. The summed E-state index contributed by atoms with van der Waals surface area (Å²) in [6.45, 7) is 4.45. The van der Waals surface area contributed by atoms with Crippen LogP contribution in [0.5, 0.6) is 11.5 Å². The van der Waals surface area contributed by atoms with Crippen molar-refractivity contribution in [3.63, 3.8) is 0 Å². The summed E-state index contributed by atoms with van der Waals surface area (Å²) in [6.07, 6.45) is 0. The van der Waals surface area contributed by atoms with Gasteiger partial charge in [-0.15, -0.1) is 0 Å². The van der Waals surface area contributed by atoms with Crippen molar-refractivity contribution in [1.29, 1.82) is 5.41 Å². The van der Waals surface area contributed by atoms with Gasteiger partial charge in [0.05, 0.1) is 18.2 Å². The summed E-state index contributed by atoms with van der Waals surface area (Å²) in [4.78, 5) is 39.4. The zero-order valence-corrected chi connectivity index (χ0v) is 23.6. The fraction of sp³-hybridized carbons (Fsp3) is 0.152. The van der Waals surface area contributed by atoms with Crippen LogP contribution in [0.2, 0.25) is 0 Å². The lowest BCUT2D eigenvalue weighted by Gasteiger charge is -2.16. The first-order chi connectivity index (χ1) is 20.2. The van der Waals surface area contributed by atoms with Gasteiger partial charge >= 0.3 is 5.97 Å². The Balaban J connectivity index is 1.78. The molecule has 0 aliphatic rings. The maximum Gasteiger partial charge on any atom is 0.338 e. The van der Waals surface area contributed by atoms with Crippen LogP contribution in [0.1, 0.15) is 50.5 Å². The normalized spacial score (nSPS) is 10.6. The number of hydrogen-bond acceptors (Lipinski definition) is 6. The van der Waals surface area contributed by atoms with E-state index in [-0.39, 0.29) is 28.8 Å². The highest BCUT2D eigenvalue weighted by Crippen LogP contribution is 2.33. The molecule has 9 nitrogen and oxygen atoms in total. The number of nitrogens with two attached hydrogens (primary N) is 1. The summed E-state index contributed by atoms with van der Waals surface area (Å²) >= 11 is 0. The molecule has 0 heterocycles. The van der Waals surface area contributed by atoms with Crippen molar-refractivity contribution in [2.75, 3.05) is 19.0 Å². The number of nitrogen functional groups attached to an aromatic ring is 1. The molecule has 0 aliphatic heterocycles. The van der Waals surface area contributed by atoms with Crippen LogP contribution in [0.4, 0.5) is 5.69 Å². The zero-order valence-electron chi connectivity index (χ0n) is 23.6. The van der Waals surface area contributed by atoms with Crippen molar-refractivity contribution >= 4 is 29.3 Å². The molecule has 0 fully saturated rings. The number of amidine groups is 1. The van der Waals surface area contributed by atoms with Crippen LogP contribution < -0.4 is 21.1 Å². The van der Waals surface area contributed by atoms with Crippen molar-refractivity contribution in [2.45, 2.75) is 13.8 Å². The molecule has 4 aromatic rings. The molecule has 0 bridgehead atoms. The van der Waals surface area contributed by atoms with Gasteiger partial charge in [-0.25, -0.2) is 4.79 Å². The Kier molecular flexibility index (Phi) is 9.34. The minimum absolute atomic E-state index is 0.0856. The van der Waals surface area contributed by atoms with Crippen LogP contribution >= 0.6 is 0 Å². The fourth-order valence-corrected chi connectivity index (χ4v) is 4.16. The van der Waals surface area contributed by atoms with Crippen molar-refractivity contribution in [3.8, 4) is 22.6 Å². The second-order valence-electron chi connectivity index (χ2n) is 9.92. The zero-order chi connectivity index (χ0) is 30.2. The van der Waals surface area contributed by atoms with Crippen LogP contribution in [0.15, 0.2) is 91.0 Å². The summed E-state index contributed by atoms with van der Waals surface area (Å²) < 4.78 is 11.0. The van der Waals surface area contributed by atoms with Gasteiger partial charge in [0.25, 0.3) is 11.8 Å². The van der Waals surface area contributed by atoms with Gasteiger partial charge in [0.1, 0.15) is 17.3 Å². The van der Waals surface area contributed by atoms with Gasteiger partial charge in [-0.05, 0) is 83.8 Å². The van der Waals surface area contributed by atoms with E-state index in [1.54, 1.807) is 66.7 Å². The summed E-state index contributed by atoms with van der Waals surface area (Å²) in [5, 5.41) is 13.3. The number of benzene rings is 4. The topological polar surface area (TPSA) is 144 Å². The van der Waals surface area contributed by atoms with Gasteiger partial charge in [0.15, 0.2) is 0 Å². The molecule has 4 aromatic carbocycles. The molecule has 0 radical (unpaired) electrons. The molecule has 0 saturated carbocycles. The molecule has 0 saturated heterocycles. The van der Waals surface area contributed by atoms with Crippen molar-refractivity contribution < 1.29 is 23.9 Å². The third-order valence-electron chi connectivity index (χ3n) is 6.32. The van der Waals surface area contributed by atoms with E-state index >= 15 is 0 Å². The molecular weight excluding hydrogens is 532 g/mol. The maximum absolute atomic E-state index is 13.7. The van der Waals surface area contributed by atoms with E-state index in [1.807, 2.05) is 32.0 Å². The molecule has 0 unspecified atom stereocenters. The fourth-order valence-electron chi connectivity index (χ4n) is 4.16. The van der Waals surface area contributed by atoms with Crippen LogP contribution in [0, 0.1) is 11.3 Å². The molecule has 0 spiro atoms. The smallest absolute Gasteiger partial charge is 0.338 e. The van der Waals surface area contributed by atoms with Crippen LogP contribution in [0.3, 0.4) is 0 Å². The molecule has 2 amide bonds. The quantitative estimate of drug-likeness (QED) is 0.108. The molecule has 9 heteroatoms. The number of hydrogen-bond donors (Lipinski definition) is 4. The molecular formula is C33H32N4O5. The van der Waals surface area contributed by atoms with Crippen molar-refractivity contribution in [1.82, 2.24) is 5.32 Å². The van der Waals surface area contributed by atoms with Gasteiger partial charge in [0.2, 0.25) is 0 Å². The highest BCUT2D eigenvalue weighted by atomic mass is 16.5. The van der Waals surface area contributed by atoms with Gasteiger partial charge < -0.3 is 25.8 Å². The largest absolute Gasteiger partial charge is 0.465 e. The van der Waals surface area contributed by atoms with Crippen molar-refractivity contribution in [2.24, 2.45) is 11.7 Å². The Morgan fingerprint density at radius 3 is 2.07 bits per heavy atom. The predicted octanol–water partition coefficient (Wildman–Crippen LogP) is 5.85. The number of rotatable bonds is 10. The summed E-state index contributed by atoms with van der Waals surface area (Å²) in [7, 11) is 1.26. The van der Waals surface area contributed by atoms with E-state index in [0.717, 1.165) is 0 Å². The molecule has 0 aromatic heterocycles. The molecule has 214 valence electrons. The Labute approximate surface area is 244 Å². The van der Waals surface area contributed by atoms with Gasteiger partial charge in [-0.3, -0.25) is 15.0 Å². The Hall–Kier alpha value is -5.44. The molecule has 42 heavy (non-hydrogen) atoms. The lowest BCUT2D eigenvalue weighted by molar-refractivity contribution is 0.0601. The van der Waals surface area contributed by atoms with E-state index in [0.29, 0.717) is 46.0 Å². The van der Waals surface area contributed by atoms with Gasteiger partial charge in [-0.2, -0.15) is 0 Å². The number of carbonyl (C=O) groups excluding carboxylic acids is 3. The summed E-state index contributed by atoms with van der Waals surface area (Å²) in [5.41, 5.74) is 8.04. The third-order valence-corrected chi connectivity index (χ3v) is 6.32.